The average Bonchev–Trinajstić information content (AvgIpc) is 2.85. The fourth-order valence-corrected chi connectivity index (χ4v) is 2.04. The van der Waals surface area contributed by atoms with Crippen molar-refractivity contribution in [2.45, 2.75) is 32.7 Å². The number of aromatic amines is 1. The normalized spacial score (nSPS) is 11.7. The van der Waals surface area contributed by atoms with Crippen LogP contribution in [0.25, 0.3) is 0 Å². The molecule has 0 bridgehead atoms. The zero-order valence-electron chi connectivity index (χ0n) is 9.74. The van der Waals surface area contributed by atoms with Gasteiger partial charge in [-0.05, 0) is 11.6 Å². The molecule has 0 aliphatic rings. The van der Waals surface area contributed by atoms with Gasteiger partial charge in [-0.2, -0.15) is 0 Å². The van der Waals surface area contributed by atoms with E-state index in [4.69, 9.17) is 0 Å². The lowest BCUT2D eigenvalue weighted by Gasteiger charge is -2.12. The molecule has 0 unspecified atom stereocenters. The van der Waals surface area contributed by atoms with Crippen LogP contribution in [0.3, 0.4) is 0 Å². The van der Waals surface area contributed by atoms with Crippen molar-refractivity contribution in [1.29, 1.82) is 0 Å². The Morgan fingerprint density at radius 2 is 2.19 bits per heavy atom. The minimum atomic E-state index is 0.0751. The van der Waals surface area contributed by atoms with Crippen molar-refractivity contribution in [2.75, 3.05) is 5.32 Å². The summed E-state index contributed by atoms with van der Waals surface area (Å²) in [6.07, 6.45) is 3.89. The molecule has 0 aliphatic carbocycles. The Bertz CT molecular complexity index is 439. The van der Waals surface area contributed by atoms with Crippen molar-refractivity contribution in [2.24, 2.45) is 0 Å². The topological polar surface area (TPSA) is 53.6 Å². The second-order valence-electron chi connectivity index (χ2n) is 4.74. The van der Waals surface area contributed by atoms with E-state index in [1.807, 2.05) is 18.5 Å². The van der Waals surface area contributed by atoms with Gasteiger partial charge in [-0.1, -0.05) is 32.1 Å². The molecule has 4 nitrogen and oxygen atoms in total. The highest BCUT2D eigenvalue weighted by atomic mass is 32.1. The van der Waals surface area contributed by atoms with E-state index in [0.717, 1.165) is 16.7 Å². The molecule has 0 aromatic carbocycles. The molecule has 0 atom stereocenters. The summed E-state index contributed by atoms with van der Waals surface area (Å²) in [7, 11) is 0. The Hall–Kier alpha value is -1.36. The predicted octanol–water partition coefficient (Wildman–Crippen LogP) is 2.78. The molecule has 2 rings (SSSR count). The molecule has 2 aromatic rings. The lowest BCUT2D eigenvalue weighted by atomic mass is 9.98. The Morgan fingerprint density at radius 3 is 2.75 bits per heavy atom. The Kier molecular flexibility index (Phi) is 2.96. The van der Waals surface area contributed by atoms with Gasteiger partial charge in [0.25, 0.3) is 0 Å². The van der Waals surface area contributed by atoms with Gasteiger partial charge < -0.3 is 10.3 Å². The molecular formula is C11H16N4S. The average molecular weight is 236 g/mol. The molecule has 0 aliphatic heterocycles. The highest BCUT2D eigenvalue weighted by Gasteiger charge is 2.19. The van der Waals surface area contributed by atoms with Crippen molar-refractivity contribution >= 4 is 16.5 Å². The van der Waals surface area contributed by atoms with Crippen LogP contribution in [0.2, 0.25) is 0 Å². The number of hydrogen-bond acceptors (Lipinski definition) is 4. The molecular weight excluding hydrogens is 220 g/mol. The third kappa shape index (κ3) is 2.61. The quantitative estimate of drug-likeness (QED) is 0.861. The molecule has 2 N–H and O–H groups in total. The first kappa shape index (κ1) is 11.1. The number of rotatable bonds is 3. The third-order valence-corrected chi connectivity index (χ3v) is 3.48. The van der Waals surface area contributed by atoms with Crippen molar-refractivity contribution in [3.63, 3.8) is 0 Å². The summed E-state index contributed by atoms with van der Waals surface area (Å²) < 4.78 is 0. The van der Waals surface area contributed by atoms with Crippen LogP contribution in [0.1, 0.15) is 31.3 Å². The zero-order chi connectivity index (χ0) is 11.6. The standard InChI is InChI=1S/C11H16N4S/c1-11(2,3)9-14-15-10(16-9)13-7-8-4-5-12-6-8/h4-6,12H,7H2,1-3H3,(H,13,15). The fraction of sp³-hybridized carbons (Fsp3) is 0.455. The first-order chi connectivity index (χ1) is 7.55. The minimum Gasteiger partial charge on any atom is -0.367 e. The van der Waals surface area contributed by atoms with Crippen LogP contribution in [0.4, 0.5) is 5.13 Å². The van der Waals surface area contributed by atoms with E-state index < -0.39 is 0 Å². The molecule has 2 heterocycles. The molecule has 0 radical (unpaired) electrons. The van der Waals surface area contributed by atoms with Gasteiger partial charge >= 0.3 is 0 Å². The molecule has 86 valence electrons. The lowest BCUT2D eigenvalue weighted by molar-refractivity contribution is 0.578. The molecule has 5 heteroatoms. The SMILES string of the molecule is CC(C)(C)c1nnc(NCc2cc[nH]c2)s1. The van der Waals surface area contributed by atoms with Crippen molar-refractivity contribution < 1.29 is 0 Å². The van der Waals surface area contributed by atoms with E-state index in [2.05, 4.69) is 41.3 Å². The van der Waals surface area contributed by atoms with Crippen molar-refractivity contribution in [3.8, 4) is 0 Å². The summed E-state index contributed by atoms with van der Waals surface area (Å²) in [5.74, 6) is 0. The smallest absolute Gasteiger partial charge is 0.205 e. The predicted molar refractivity (Wildman–Crippen MR) is 66.7 cm³/mol. The summed E-state index contributed by atoms with van der Waals surface area (Å²) in [6, 6.07) is 2.04. The second kappa shape index (κ2) is 4.25. The van der Waals surface area contributed by atoms with Crippen LogP contribution in [-0.4, -0.2) is 15.2 Å². The molecule has 0 fully saturated rings. The molecule has 2 aromatic heterocycles. The van der Waals surface area contributed by atoms with E-state index in [1.54, 1.807) is 11.3 Å². The molecule has 0 amide bonds. The third-order valence-electron chi connectivity index (χ3n) is 2.17. The summed E-state index contributed by atoms with van der Waals surface area (Å²) in [5.41, 5.74) is 1.29. The van der Waals surface area contributed by atoms with Gasteiger partial charge in [0, 0.05) is 24.4 Å². The van der Waals surface area contributed by atoms with Crippen LogP contribution in [0.5, 0.6) is 0 Å². The maximum absolute atomic E-state index is 4.19. The van der Waals surface area contributed by atoms with Gasteiger partial charge in [-0.3, -0.25) is 0 Å². The number of nitrogens with zero attached hydrogens (tertiary/aromatic N) is 2. The molecule has 16 heavy (non-hydrogen) atoms. The van der Waals surface area contributed by atoms with Gasteiger partial charge in [0.15, 0.2) is 0 Å². The van der Waals surface area contributed by atoms with Crippen LogP contribution in [0.15, 0.2) is 18.5 Å². The number of hydrogen-bond donors (Lipinski definition) is 2. The second-order valence-corrected chi connectivity index (χ2v) is 5.71. The monoisotopic (exact) mass is 236 g/mol. The first-order valence-electron chi connectivity index (χ1n) is 5.25. The highest BCUT2D eigenvalue weighted by Crippen LogP contribution is 2.27. The van der Waals surface area contributed by atoms with Gasteiger partial charge in [0.1, 0.15) is 5.01 Å². The number of H-pyrrole nitrogens is 1. The van der Waals surface area contributed by atoms with E-state index in [-0.39, 0.29) is 5.41 Å². The fourth-order valence-electron chi connectivity index (χ4n) is 1.24. The zero-order valence-corrected chi connectivity index (χ0v) is 10.6. The lowest BCUT2D eigenvalue weighted by Crippen LogP contribution is -2.10. The van der Waals surface area contributed by atoms with Crippen LogP contribution in [0, 0.1) is 0 Å². The van der Waals surface area contributed by atoms with Gasteiger partial charge in [0.05, 0.1) is 0 Å². The summed E-state index contributed by atoms with van der Waals surface area (Å²) >= 11 is 1.62. The van der Waals surface area contributed by atoms with E-state index in [0.29, 0.717) is 0 Å². The first-order valence-corrected chi connectivity index (χ1v) is 6.07. The van der Waals surface area contributed by atoms with E-state index in [9.17, 15) is 0 Å². The Morgan fingerprint density at radius 1 is 1.38 bits per heavy atom. The largest absolute Gasteiger partial charge is 0.367 e. The van der Waals surface area contributed by atoms with Crippen LogP contribution in [-0.2, 0) is 12.0 Å². The maximum atomic E-state index is 4.19. The van der Waals surface area contributed by atoms with Crippen LogP contribution >= 0.6 is 11.3 Å². The summed E-state index contributed by atoms with van der Waals surface area (Å²) in [4.78, 5) is 3.02. The van der Waals surface area contributed by atoms with Gasteiger partial charge in [-0.25, -0.2) is 0 Å². The molecule has 0 saturated carbocycles. The minimum absolute atomic E-state index is 0.0751. The Balaban J connectivity index is 1.98. The number of anilines is 1. The van der Waals surface area contributed by atoms with Crippen molar-refractivity contribution in [1.82, 2.24) is 15.2 Å². The van der Waals surface area contributed by atoms with E-state index >= 15 is 0 Å². The molecule has 0 saturated heterocycles. The highest BCUT2D eigenvalue weighted by molar-refractivity contribution is 7.15. The number of aromatic nitrogens is 3. The van der Waals surface area contributed by atoms with Gasteiger partial charge in [-0.15, -0.1) is 10.2 Å². The number of nitrogens with one attached hydrogen (secondary N) is 2. The summed E-state index contributed by atoms with van der Waals surface area (Å²) in [5, 5.41) is 13.5. The van der Waals surface area contributed by atoms with Crippen LogP contribution < -0.4 is 5.32 Å². The Labute approximate surface area is 99.1 Å². The van der Waals surface area contributed by atoms with Crippen molar-refractivity contribution in [3.05, 3.63) is 29.0 Å². The summed E-state index contributed by atoms with van der Waals surface area (Å²) in [6.45, 7) is 7.21. The molecule has 0 spiro atoms. The maximum Gasteiger partial charge on any atom is 0.205 e. The van der Waals surface area contributed by atoms with Gasteiger partial charge in [0.2, 0.25) is 5.13 Å². The van der Waals surface area contributed by atoms with E-state index in [1.165, 1.54) is 5.56 Å².